The Morgan fingerprint density at radius 2 is 2.41 bits per heavy atom. The van der Waals surface area contributed by atoms with Crippen molar-refractivity contribution in [3.05, 3.63) is 41.3 Å². The smallest absolute Gasteiger partial charge is 0.435 e. The second-order valence-electron chi connectivity index (χ2n) is 5.86. The number of carbonyl (C=O) groups excluding carboxylic acids is 1. The third kappa shape index (κ3) is 3.47. The number of likely N-dealkylation sites (N-methyl/N-ethyl adjacent to an activating group) is 1. The largest absolute Gasteiger partial charge is 0.443 e. The van der Waals surface area contributed by atoms with Crippen LogP contribution in [-0.4, -0.2) is 35.1 Å². The van der Waals surface area contributed by atoms with E-state index in [9.17, 15) is 4.79 Å². The molecule has 22 heavy (non-hydrogen) atoms. The molecule has 5 heteroatoms. The average Bonchev–Trinajstić information content (AvgIpc) is 2.97. The van der Waals surface area contributed by atoms with Crippen LogP contribution in [0.15, 0.2) is 30.0 Å². The second-order valence-corrected chi connectivity index (χ2v) is 5.86. The number of hydrogen-bond donors (Lipinski definition) is 1. The van der Waals surface area contributed by atoms with Gasteiger partial charge < -0.3 is 10.1 Å². The highest BCUT2D eigenvalue weighted by atomic mass is 16.6. The molecule has 2 aliphatic rings. The molecule has 0 saturated carbocycles. The summed E-state index contributed by atoms with van der Waals surface area (Å²) in [5, 5.41) is 7.85. The molecule has 0 aliphatic heterocycles. The summed E-state index contributed by atoms with van der Waals surface area (Å²) in [7, 11) is 0. The molecule has 0 saturated heterocycles. The molecule has 1 unspecified atom stereocenters. The van der Waals surface area contributed by atoms with E-state index >= 15 is 0 Å². The summed E-state index contributed by atoms with van der Waals surface area (Å²) in [4.78, 5) is 12.1. The lowest BCUT2D eigenvalue weighted by Gasteiger charge is -2.21. The van der Waals surface area contributed by atoms with E-state index in [-0.39, 0.29) is 0 Å². The molecule has 118 valence electrons. The van der Waals surface area contributed by atoms with E-state index < -0.39 is 6.09 Å². The van der Waals surface area contributed by atoms with E-state index in [0.29, 0.717) is 12.6 Å². The van der Waals surface area contributed by atoms with Gasteiger partial charge in [0.25, 0.3) is 0 Å². The third-order valence-electron chi connectivity index (χ3n) is 4.19. The van der Waals surface area contributed by atoms with E-state index in [4.69, 9.17) is 4.74 Å². The molecule has 3 rings (SSSR count). The van der Waals surface area contributed by atoms with E-state index in [1.54, 1.807) is 0 Å². The Morgan fingerprint density at radius 1 is 1.50 bits per heavy atom. The second kappa shape index (κ2) is 6.92. The molecule has 0 bridgehead atoms. The Hall–Kier alpha value is -1.88. The summed E-state index contributed by atoms with van der Waals surface area (Å²) in [6.07, 6.45) is 12.7. The Kier molecular flexibility index (Phi) is 4.73. The van der Waals surface area contributed by atoms with Gasteiger partial charge in [-0.05, 0) is 49.8 Å². The van der Waals surface area contributed by atoms with E-state index in [0.717, 1.165) is 55.5 Å². The number of hydrogen-bond acceptors (Lipinski definition) is 4. The van der Waals surface area contributed by atoms with Crippen LogP contribution in [0.5, 0.6) is 0 Å². The van der Waals surface area contributed by atoms with Crippen LogP contribution in [0.25, 0.3) is 0 Å². The molecule has 0 spiro atoms. The average molecular weight is 301 g/mol. The number of aromatic nitrogens is 2. The monoisotopic (exact) mass is 301 g/mol. The number of ether oxygens (including phenoxy) is 1. The number of fused-ring (bicyclic) bond motifs is 1. The van der Waals surface area contributed by atoms with Crippen LogP contribution in [0.1, 0.15) is 37.4 Å². The predicted octanol–water partition coefficient (Wildman–Crippen LogP) is 2.61. The van der Waals surface area contributed by atoms with E-state index in [2.05, 4.69) is 29.5 Å². The first-order valence-corrected chi connectivity index (χ1v) is 8.09. The van der Waals surface area contributed by atoms with Gasteiger partial charge in [0.1, 0.15) is 6.61 Å². The Labute approximate surface area is 131 Å². The molecule has 5 nitrogen and oxygen atoms in total. The standard InChI is InChI=1S/C17H23N3O2/c1-2-18-15-8-9-16-14(10-15)11-20(19-16)17(21)22-12-13-6-4-3-5-7-13/h4,6-7,11,15,18H,2-3,5,8-10,12H2,1H3. The highest BCUT2D eigenvalue weighted by Gasteiger charge is 2.22. The van der Waals surface area contributed by atoms with E-state index in [1.807, 2.05) is 12.3 Å². The number of rotatable bonds is 4. The Balaban J connectivity index is 1.60. The number of nitrogens with zero attached hydrogens (tertiary/aromatic N) is 2. The van der Waals surface area contributed by atoms with Gasteiger partial charge in [0.05, 0.1) is 5.69 Å². The van der Waals surface area contributed by atoms with Crippen LogP contribution in [0.3, 0.4) is 0 Å². The number of nitrogens with one attached hydrogen (secondary N) is 1. The van der Waals surface area contributed by atoms with Crippen molar-refractivity contribution in [1.29, 1.82) is 0 Å². The summed E-state index contributed by atoms with van der Waals surface area (Å²) >= 11 is 0. The fourth-order valence-electron chi connectivity index (χ4n) is 3.05. The summed E-state index contributed by atoms with van der Waals surface area (Å²) in [5.74, 6) is 0. The zero-order chi connectivity index (χ0) is 15.4. The van der Waals surface area contributed by atoms with Crippen LogP contribution in [0, 0.1) is 0 Å². The molecule has 0 amide bonds. The van der Waals surface area contributed by atoms with Crippen LogP contribution < -0.4 is 5.32 Å². The molecule has 1 N–H and O–H groups in total. The lowest BCUT2D eigenvalue weighted by molar-refractivity contribution is 0.154. The minimum absolute atomic E-state index is 0.319. The lowest BCUT2D eigenvalue weighted by Crippen LogP contribution is -2.33. The summed E-state index contributed by atoms with van der Waals surface area (Å²) in [6.45, 7) is 3.41. The van der Waals surface area contributed by atoms with Crippen LogP contribution >= 0.6 is 0 Å². The van der Waals surface area contributed by atoms with Crippen molar-refractivity contribution in [3.63, 3.8) is 0 Å². The van der Waals surface area contributed by atoms with E-state index in [1.165, 1.54) is 4.68 Å². The van der Waals surface area contributed by atoms with Gasteiger partial charge in [0.2, 0.25) is 0 Å². The van der Waals surface area contributed by atoms with Gasteiger partial charge in [-0.15, -0.1) is 0 Å². The minimum atomic E-state index is -0.394. The molecule has 0 fully saturated rings. The number of carbonyl (C=O) groups is 1. The summed E-state index contributed by atoms with van der Waals surface area (Å²) in [5.41, 5.74) is 3.25. The minimum Gasteiger partial charge on any atom is -0.443 e. The SMILES string of the molecule is CCNC1CCc2nn(C(=O)OCC3=CCCC=C3)cc2C1. The fraction of sp³-hybridized carbons (Fsp3) is 0.529. The number of allylic oxidation sites excluding steroid dienone is 2. The molecule has 0 aromatic carbocycles. The van der Waals surface area contributed by atoms with Gasteiger partial charge in [-0.2, -0.15) is 9.78 Å². The third-order valence-corrected chi connectivity index (χ3v) is 4.19. The lowest BCUT2D eigenvalue weighted by atomic mass is 9.94. The van der Waals surface area contributed by atoms with Crippen molar-refractivity contribution < 1.29 is 9.53 Å². The van der Waals surface area contributed by atoms with Gasteiger partial charge in [0, 0.05) is 12.2 Å². The Morgan fingerprint density at radius 3 is 3.18 bits per heavy atom. The van der Waals surface area contributed by atoms with Gasteiger partial charge in [-0.3, -0.25) is 0 Å². The van der Waals surface area contributed by atoms with Crippen LogP contribution in [-0.2, 0) is 17.6 Å². The zero-order valence-corrected chi connectivity index (χ0v) is 13.0. The van der Waals surface area contributed by atoms with Gasteiger partial charge >= 0.3 is 6.09 Å². The molecule has 2 aliphatic carbocycles. The predicted molar refractivity (Wildman–Crippen MR) is 84.9 cm³/mol. The first-order chi connectivity index (χ1) is 10.8. The highest BCUT2D eigenvalue weighted by molar-refractivity contribution is 5.69. The fourth-order valence-corrected chi connectivity index (χ4v) is 3.05. The normalized spacial score (nSPS) is 20.4. The topological polar surface area (TPSA) is 56.2 Å². The van der Waals surface area contributed by atoms with Crippen molar-refractivity contribution in [1.82, 2.24) is 15.1 Å². The van der Waals surface area contributed by atoms with Gasteiger partial charge in [-0.25, -0.2) is 4.79 Å². The highest BCUT2D eigenvalue weighted by Crippen LogP contribution is 2.20. The maximum absolute atomic E-state index is 12.1. The maximum atomic E-state index is 12.1. The number of aryl methyl sites for hydroxylation is 1. The summed E-state index contributed by atoms with van der Waals surface area (Å²) < 4.78 is 6.70. The molecular formula is C17H23N3O2. The van der Waals surface area contributed by atoms with Crippen molar-refractivity contribution in [3.8, 4) is 0 Å². The summed E-state index contributed by atoms with van der Waals surface area (Å²) in [6, 6.07) is 0.490. The van der Waals surface area contributed by atoms with Crippen LogP contribution in [0.2, 0.25) is 0 Å². The quantitative estimate of drug-likeness (QED) is 0.929. The molecule has 1 atom stereocenters. The maximum Gasteiger partial charge on any atom is 0.435 e. The van der Waals surface area contributed by atoms with Gasteiger partial charge in [-0.1, -0.05) is 25.2 Å². The Bertz CT molecular complexity index is 601. The zero-order valence-electron chi connectivity index (χ0n) is 13.0. The molecule has 1 heterocycles. The molecule has 1 aromatic heterocycles. The molecular weight excluding hydrogens is 278 g/mol. The first-order valence-electron chi connectivity index (χ1n) is 8.09. The van der Waals surface area contributed by atoms with Crippen molar-refractivity contribution >= 4 is 6.09 Å². The van der Waals surface area contributed by atoms with Gasteiger partial charge in [0.15, 0.2) is 0 Å². The van der Waals surface area contributed by atoms with Crippen molar-refractivity contribution in [2.45, 2.75) is 45.1 Å². The van der Waals surface area contributed by atoms with Crippen molar-refractivity contribution in [2.75, 3.05) is 13.2 Å². The first kappa shape index (κ1) is 15.0. The molecule has 1 aromatic rings. The van der Waals surface area contributed by atoms with Crippen LogP contribution in [0.4, 0.5) is 4.79 Å². The van der Waals surface area contributed by atoms with Crippen molar-refractivity contribution in [2.24, 2.45) is 0 Å². The molecule has 0 radical (unpaired) electrons.